The fourth-order valence-corrected chi connectivity index (χ4v) is 4.86. The Bertz CT molecular complexity index is 1010. The maximum atomic E-state index is 12.8. The summed E-state index contributed by atoms with van der Waals surface area (Å²) in [6.07, 6.45) is 3.73. The number of carbonyl (C=O) groups excluding carboxylic acids is 1. The Morgan fingerprint density at radius 3 is 2.41 bits per heavy atom. The molecule has 4 rings (SSSR count). The highest BCUT2D eigenvalue weighted by Crippen LogP contribution is 2.57. The number of Topliss-reactive ketones (excluding diaryl/α,β-unsaturated/α-hetero) is 1. The van der Waals surface area contributed by atoms with E-state index in [4.69, 9.17) is 0 Å². The lowest BCUT2D eigenvalue weighted by molar-refractivity contribution is -0.121. The minimum absolute atomic E-state index is 0.00831. The lowest BCUT2D eigenvalue weighted by atomic mass is 9.73. The Hall–Kier alpha value is -2.64. The number of fused-ring (bicyclic) bond motifs is 3. The molecule has 2 heterocycles. The highest BCUT2D eigenvalue weighted by Gasteiger charge is 2.62. The van der Waals surface area contributed by atoms with Gasteiger partial charge in [0.25, 0.3) is 0 Å². The number of ketones is 1. The SMILES string of the molecule is CC(=O)[C@@H]1[C@H]2c3ccccc3C=CN2C(C#N)(C#N)[C@H]1c1ccc(I)cc1. The third-order valence-corrected chi connectivity index (χ3v) is 6.34. The second kappa shape index (κ2) is 6.51. The number of rotatable bonds is 2. The van der Waals surface area contributed by atoms with Crippen LogP contribution in [0.3, 0.4) is 0 Å². The van der Waals surface area contributed by atoms with Crippen molar-refractivity contribution in [2.24, 2.45) is 5.92 Å². The van der Waals surface area contributed by atoms with Gasteiger partial charge < -0.3 is 4.90 Å². The maximum absolute atomic E-state index is 12.8. The first-order chi connectivity index (χ1) is 13.0. The Balaban J connectivity index is 1.99. The summed E-state index contributed by atoms with van der Waals surface area (Å²) in [6.45, 7) is 1.56. The van der Waals surface area contributed by atoms with Crippen LogP contribution >= 0.6 is 22.6 Å². The molecule has 0 N–H and O–H groups in total. The molecule has 0 spiro atoms. The molecule has 3 atom stereocenters. The lowest BCUT2D eigenvalue weighted by Crippen LogP contribution is -2.43. The summed E-state index contributed by atoms with van der Waals surface area (Å²) in [5, 5.41) is 20.3. The highest BCUT2D eigenvalue weighted by atomic mass is 127. The number of benzene rings is 2. The normalized spacial score (nSPS) is 24.4. The molecule has 2 aromatic carbocycles. The van der Waals surface area contributed by atoms with E-state index in [1.54, 1.807) is 11.8 Å². The summed E-state index contributed by atoms with van der Waals surface area (Å²) in [5.41, 5.74) is 1.43. The molecule has 0 saturated carbocycles. The van der Waals surface area contributed by atoms with E-state index < -0.39 is 17.4 Å². The van der Waals surface area contributed by atoms with Crippen molar-refractivity contribution in [3.63, 3.8) is 0 Å². The fraction of sp³-hybridized carbons (Fsp3) is 0.227. The van der Waals surface area contributed by atoms with E-state index in [0.717, 1.165) is 20.3 Å². The van der Waals surface area contributed by atoms with E-state index in [0.29, 0.717) is 0 Å². The van der Waals surface area contributed by atoms with Crippen LogP contribution in [0.2, 0.25) is 0 Å². The second-order valence-electron chi connectivity index (χ2n) is 6.95. The van der Waals surface area contributed by atoms with Crippen LogP contribution in [0.5, 0.6) is 0 Å². The molecule has 132 valence electrons. The number of hydrogen-bond acceptors (Lipinski definition) is 4. The Labute approximate surface area is 171 Å². The van der Waals surface area contributed by atoms with E-state index in [-0.39, 0.29) is 11.8 Å². The van der Waals surface area contributed by atoms with Crippen LogP contribution in [-0.4, -0.2) is 16.2 Å². The molecule has 0 bridgehead atoms. The number of carbonyl (C=O) groups is 1. The largest absolute Gasteiger partial charge is 0.340 e. The molecule has 27 heavy (non-hydrogen) atoms. The molecule has 0 unspecified atom stereocenters. The van der Waals surface area contributed by atoms with Crippen LogP contribution in [0.25, 0.3) is 6.08 Å². The van der Waals surface area contributed by atoms with E-state index in [1.165, 1.54) is 0 Å². The minimum atomic E-state index is -1.43. The Kier molecular flexibility index (Phi) is 4.28. The summed E-state index contributed by atoms with van der Waals surface area (Å²) >= 11 is 2.22. The van der Waals surface area contributed by atoms with Crippen molar-refractivity contribution in [1.82, 2.24) is 4.90 Å². The first-order valence-electron chi connectivity index (χ1n) is 8.67. The van der Waals surface area contributed by atoms with Gasteiger partial charge in [-0.2, -0.15) is 10.5 Å². The topological polar surface area (TPSA) is 67.9 Å². The maximum Gasteiger partial charge on any atom is 0.222 e. The van der Waals surface area contributed by atoms with Crippen molar-refractivity contribution in [1.29, 1.82) is 10.5 Å². The average molecular weight is 465 g/mol. The zero-order valence-corrected chi connectivity index (χ0v) is 16.8. The molecule has 5 heteroatoms. The van der Waals surface area contributed by atoms with Gasteiger partial charge in [-0.15, -0.1) is 0 Å². The van der Waals surface area contributed by atoms with Crippen LogP contribution < -0.4 is 0 Å². The van der Waals surface area contributed by atoms with Gasteiger partial charge in [0.15, 0.2) is 0 Å². The van der Waals surface area contributed by atoms with Crippen LogP contribution in [-0.2, 0) is 4.79 Å². The molecular weight excluding hydrogens is 449 g/mol. The predicted octanol–water partition coefficient (Wildman–Crippen LogP) is 4.41. The minimum Gasteiger partial charge on any atom is -0.340 e. The van der Waals surface area contributed by atoms with E-state index in [9.17, 15) is 15.3 Å². The molecule has 0 amide bonds. The van der Waals surface area contributed by atoms with Crippen LogP contribution in [0.15, 0.2) is 54.7 Å². The molecule has 0 aromatic heterocycles. The van der Waals surface area contributed by atoms with Crippen LogP contribution in [0.4, 0.5) is 0 Å². The molecule has 2 aliphatic rings. The number of nitriles is 2. The van der Waals surface area contributed by atoms with Gasteiger partial charge in [0, 0.05) is 15.7 Å². The first kappa shape index (κ1) is 17.8. The van der Waals surface area contributed by atoms with Gasteiger partial charge in [-0.3, -0.25) is 4.79 Å². The van der Waals surface area contributed by atoms with Crippen molar-refractivity contribution >= 4 is 34.5 Å². The standard InChI is InChI=1S/C22H16IN3O/c1-14(27)19-20(16-6-8-17(23)9-7-16)22(12-24,13-25)26-11-10-15-4-2-3-5-18(15)21(19)26/h2-11,19-21H,1H3/t19-,20-,21+/m0/s1. The van der Waals surface area contributed by atoms with Gasteiger partial charge >= 0.3 is 0 Å². The summed E-state index contributed by atoms with van der Waals surface area (Å²) < 4.78 is 1.07. The average Bonchev–Trinajstić information content (AvgIpc) is 3.00. The molecule has 2 aliphatic heterocycles. The smallest absolute Gasteiger partial charge is 0.222 e. The molecule has 0 radical (unpaired) electrons. The van der Waals surface area contributed by atoms with Gasteiger partial charge in [0.2, 0.25) is 5.54 Å². The Morgan fingerprint density at radius 2 is 1.78 bits per heavy atom. The molecule has 1 saturated heterocycles. The molecule has 2 aromatic rings. The van der Waals surface area contributed by atoms with Gasteiger partial charge in [-0.25, -0.2) is 0 Å². The second-order valence-corrected chi connectivity index (χ2v) is 8.20. The van der Waals surface area contributed by atoms with Crippen molar-refractivity contribution in [2.45, 2.75) is 24.4 Å². The van der Waals surface area contributed by atoms with Gasteiger partial charge in [-0.1, -0.05) is 36.4 Å². The predicted molar refractivity (Wildman–Crippen MR) is 110 cm³/mol. The fourth-order valence-electron chi connectivity index (χ4n) is 4.50. The molecular formula is C22H16IN3O. The van der Waals surface area contributed by atoms with E-state index >= 15 is 0 Å². The third kappa shape index (κ3) is 2.49. The van der Waals surface area contributed by atoms with Crippen molar-refractivity contribution in [3.05, 3.63) is 75.0 Å². The van der Waals surface area contributed by atoms with Crippen molar-refractivity contribution < 1.29 is 4.79 Å². The van der Waals surface area contributed by atoms with Crippen LogP contribution in [0.1, 0.15) is 35.6 Å². The van der Waals surface area contributed by atoms with Crippen molar-refractivity contribution in [3.8, 4) is 12.1 Å². The summed E-state index contributed by atoms with van der Waals surface area (Å²) in [6, 6.07) is 19.8. The van der Waals surface area contributed by atoms with Crippen LogP contribution in [0, 0.1) is 32.2 Å². The number of nitrogens with zero attached hydrogens (tertiary/aromatic N) is 3. The monoisotopic (exact) mass is 465 g/mol. The zero-order chi connectivity index (χ0) is 19.2. The van der Waals surface area contributed by atoms with E-state index in [1.807, 2.05) is 60.8 Å². The summed E-state index contributed by atoms with van der Waals surface area (Å²) in [7, 11) is 0. The number of halogens is 1. The van der Waals surface area contributed by atoms with Crippen molar-refractivity contribution in [2.75, 3.05) is 0 Å². The van der Waals surface area contributed by atoms with Gasteiger partial charge in [-0.05, 0) is 64.4 Å². The molecule has 4 nitrogen and oxygen atoms in total. The van der Waals surface area contributed by atoms with Gasteiger partial charge in [0.1, 0.15) is 17.9 Å². The summed E-state index contributed by atoms with van der Waals surface area (Å²) in [4.78, 5) is 14.6. The first-order valence-corrected chi connectivity index (χ1v) is 9.75. The molecule has 1 fully saturated rings. The molecule has 0 aliphatic carbocycles. The highest BCUT2D eigenvalue weighted by molar-refractivity contribution is 14.1. The lowest BCUT2D eigenvalue weighted by Gasteiger charge is -2.35. The Morgan fingerprint density at radius 1 is 1.11 bits per heavy atom. The van der Waals surface area contributed by atoms with E-state index in [2.05, 4.69) is 34.7 Å². The zero-order valence-electron chi connectivity index (χ0n) is 14.6. The number of hydrogen-bond donors (Lipinski definition) is 0. The van der Waals surface area contributed by atoms with Gasteiger partial charge in [0.05, 0.1) is 12.0 Å². The summed E-state index contributed by atoms with van der Waals surface area (Å²) in [5.74, 6) is -1.01. The third-order valence-electron chi connectivity index (χ3n) is 5.63. The quantitative estimate of drug-likeness (QED) is 0.617.